The van der Waals surface area contributed by atoms with Crippen molar-refractivity contribution in [1.82, 2.24) is 0 Å². The fourth-order valence-corrected chi connectivity index (χ4v) is 7.69. The van der Waals surface area contributed by atoms with Crippen molar-refractivity contribution in [3.05, 3.63) is 0 Å². The predicted octanol–water partition coefficient (Wildman–Crippen LogP) is 16.3. The van der Waals surface area contributed by atoms with Gasteiger partial charge in [-0.3, -0.25) is 14.4 Å². The highest BCUT2D eigenvalue weighted by atomic mass is 16.6. The topological polar surface area (TPSA) is 78.9 Å². The quantitative estimate of drug-likeness (QED) is 0.0346. The van der Waals surface area contributed by atoms with Crippen LogP contribution in [0.1, 0.15) is 285 Å². The molecule has 0 N–H and O–H groups in total. The first kappa shape index (κ1) is 55.4. The lowest BCUT2D eigenvalue weighted by Crippen LogP contribution is -2.30. The van der Waals surface area contributed by atoms with Crippen LogP contribution in [-0.2, 0) is 28.6 Å². The lowest BCUT2D eigenvalue weighted by atomic mass is 10.0. The SMILES string of the molecule is CCCCCCCCCCCCCCCCCCCC(=O)O[C@H](COC(=O)CCCCCCCCCCCCCC)COC(=O)CCCCCCCCCC(C)C. The van der Waals surface area contributed by atoms with Crippen LogP contribution in [0.5, 0.6) is 0 Å². The Morgan fingerprint density at radius 2 is 0.579 bits per heavy atom. The van der Waals surface area contributed by atoms with Crippen molar-refractivity contribution in [3.63, 3.8) is 0 Å². The van der Waals surface area contributed by atoms with Crippen molar-refractivity contribution in [1.29, 1.82) is 0 Å². The third-order valence-electron chi connectivity index (χ3n) is 11.5. The summed E-state index contributed by atoms with van der Waals surface area (Å²) in [7, 11) is 0. The van der Waals surface area contributed by atoms with Crippen LogP contribution in [0, 0.1) is 5.92 Å². The van der Waals surface area contributed by atoms with Gasteiger partial charge in [-0.25, -0.2) is 0 Å². The van der Waals surface area contributed by atoms with E-state index in [1.807, 2.05) is 0 Å². The molecule has 0 aliphatic rings. The van der Waals surface area contributed by atoms with E-state index >= 15 is 0 Å². The Morgan fingerprint density at radius 3 is 0.860 bits per heavy atom. The van der Waals surface area contributed by atoms with Gasteiger partial charge in [-0.05, 0) is 25.2 Å². The van der Waals surface area contributed by atoms with Crippen molar-refractivity contribution in [3.8, 4) is 0 Å². The number of ether oxygens (including phenoxy) is 3. The molecule has 0 bridgehead atoms. The van der Waals surface area contributed by atoms with E-state index in [4.69, 9.17) is 14.2 Å². The third kappa shape index (κ3) is 45.3. The summed E-state index contributed by atoms with van der Waals surface area (Å²) in [5, 5.41) is 0. The minimum absolute atomic E-state index is 0.0635. The van der Waals surface area contributed by atoms with Crippen LogP contribution in [0.15, 0.2) is 0 Å². The third-order valence-corrected chi connectivity index (χ3v) is 11.5. The first-order valence-corrected chi connectivity index (χ1v) is 25.4. The molecule has 0 aliphatic carbocycles. The molecule has 0 aromatic rings. The molecule has 0 aromatic carbocycles. The van der Waals surface area contributed by atoms with Gasteiger partial charge in [-0.1, -0.05) is 246 Å². The van der Waals surface area contributed by atoms with E-state index in [1.54, 1.807) is 0 Å². The zero-order chi connectivity index (χ0) is 41.7. The molecule has 57 heavy (non-hydrogen) atoms. The van der Waals surface area contributed by atoms with E-state index in [-0.39, 0.29) is 31.1 Å². The molecule has 0 radical (unpaired) electrons. The van der Waals surface area contributed by atoms with E-state index in [0.717, 1.165) is 63.7 Å². The van der Waals surface area contributed by atoms with Crippen LogP contribution in [-0.4, -0.2) is 37.2 Å². The standard InChI is InChI=1S/C51H98O6/c1-5-7-9-11-13-15-17-19-20-21-22-23-25-27-31-36-40-44-51(54)57-48(46-56-50(53)43-39-35-32-28-29-33-37-41-47(3)4)45-55-49(52)42-38-34-30-26-24-18-16-14-12-10-8-6-2/h47-48H,5-46H2,1-4H3/t48-/m1/s1. The molecule has 0 saturated carbocycles. The second-order valence-corrected chi connectivity index (χ2v) is 17.9. The number of unbranched alkanes of at least 4 members (excludes halogenated alkanes) is 33. The maximum absolute atomic E-state index is 12.8. The van der Waals surface area contributed by atoms with Crippen LogP contribution in [0.2, 0.25) is 0 Å². The molecule has 0 unspecified atom stereocenters. The zero-order valence-corrected chi connectivity index (χ0v) is 38.8. The molecule has 0 aliphatic heterocycles. The van der Waals surface area contributed by atoms with Gasteiger partial charge in [-0.15, -0.1) is 0 Å². The van der Waals surface area contributed by atoms with Gasteiger partial charge in [0.2, 0.25) is 0 Å². The Kier molecular flexibility index (Phi) is 44.2. The maximum Gasteiger partial charge on any atom is 0.306 e. The van der Waals surface area contributed by atoms with Crippen LogP contribution in [0.25, 0.3) is 0 Å². The number of rotatable bonds is 46. The van der Waals surface area contributed by atoms with Crippen molar-refractivity contribution < 1.29 is 28.6 Å². The van der Waals surface area contributed by atoms with Gasteiger partial charge in [0.05, 0.1) is 0 Å². The molecular formula is C51H98O6. The average molecular weight is 807 g/mol. The molecule has 0 amide bonds. The van der Waals surface area contributed by atoms with Gasteiger partial charge in [0.25, 0.3) is 0 Å². The van der Waals surface area contributed by atoms with Crippen LogP contribution < -0.4 is 0 Å². The Labute approximate surface area is 355 Å². The van der Waals surface area contributed by atoms with Crippen LogP contribution in [0.4, 0.5) is 0 Å². The average Bonchev–Trinajstić information content (AvgIpc) is 3.19. The van der Waals surface area contributed by atoms with Gasteiger partial charge in [0, 0.05) is 19.3 Å². The molecule has 6 heteroatoms. The highest BCUT2D eigenvalue weighted by Gasteiger charge is 2.19. The summed E-state index contributed by atoms with van der Waals surface area (Å²) in [5.41, 5.74) is 0. The fourth-order valence-electron chi connectivity index (χ4n) is 7.69. The lowest BCUT2D eigenvalue weighted by molar-refractivity contribution is -0.167. The highest BCUT2D eigenvalue weighted by molar-refractivity contribution is 5.71. The Balaban J connectivity index is 4.28. The monoisotopic (exact) mass is 807 g/mol. The molecule has 338 valence electrons. The molecule has 0 fully saturated rings. The first-order chi connectivity index (χ1) is 27.9. The largest absolute Gasteiger partial charge is 0.462 e. The zero-order valence-electron chi connectivity index (χ0n) is 38.8. The van der Waals surface area contributed by atoms with E-state index < -0.39 is 6.10 Å². The van der Waals surface area contributed by atoms with Gasteiger partial charge >= 0.3 is 17.9 Å². The molecule has 6 nitrogen and oxygen atoms in total. The smallest absolute Gasteiger partial charge is 0.306 e. The van der Waals surface area contributed by atoms with Gasteiger partial charge in [-0.2, -0.15) is 0 Å². The van der Waals surface area contributed by atoms with Gasteiger partial charge in [0.1, 0.15) is 13.2 Å². The van der Waals surface area contributed by atoms with Crippen molar-refractivity contribution in [2.75, 3.05) is 13.2 Å². The summed E-state index contributed by atoms with van der Waals surface area (Å²) in [4.78, 5) is 37.8. The molecule has 0 aromatic heterocycles. The van der Waals surface area contributed by atoms with E-state index in [2.05, 4.69) is 27.7 Å². The second kappa shape index (κ2) is 45.5. The van der Waals surface area contributed by atoms with Crippen molar-refractivity contribution in [2.45, 2.75) is 291 Å². The van der Waals surface area contributed by atoms with Gasteiger partial charge in [0.15, 0.2) is 6.10 Å². The summed E-state index contributed by atoms with van der Waals surface area (Å²) in [6.45, 7) is 8.97. The highest BCUT2D eigenvalue weighted by Crippen LogP contribution is 2.17. The van der Waals surface area contributed by atoms with E-state index in [0.29, 0.717) is 19.3 Å². The Morgan fingerprint density at radius 1 is 0.333 bits per heavy atom. The van der Waals surface area contributed by atoms with Crippen LogP contribution in [0.3, 0.4) is 0 Å². The summed E-state index contributed by atoms with van der Waals surface area (Å²) in [5.74, 6) is -0.0676. The summed E-state index contributed by atoms with van der Waals surface area (Å²) >= 11 is 0. The summed E-state index contributed by atoms with van der Waals surface area (Å²) in [6.07, 6.45) is 46.7. The number of hydrogen-bond acceptors (Lipinski definition) is 6. The number of carbonyl (C=O) groups excluding carboxylic acids is 3. The summed E-state index contributed by atoms with van der Waals surface area (Å²) in [6, 6.07) is 0. The minimum Gasteiger partial charge on any atom is -0.462 e. The molecular weight excluding hydrogens is 709 g/mol. The summed E-state index contributed by atoms with van der Waals surface area (Å²) < 4.78 is 16.8. The molecule has 1 atom stereocenters. The second-order valence-electron chi connectivity index (χ2n) is 17.9. The maximum atomic E-state index is 12.8. The molecule has 0 spiro atoms. The molecule has 0 saturated heterocycles. The Bertz CT molecular complexity index is 857. The van der Waals surface area contributed by atoms with E-state index in [9.17, 15) is 14.4 Å². The Hall–Kier alpha value is -1.59. The van der Waals surface area contributed by atoms with Crippen molar-refractivity contribution in [2.24, 2.45) is 5.92 Å². The molecule has 0 heterocycles. The van der Waals surface area contributed by atoms with Crippen molar-refractivity contribution >= 4 is 17.9 Å². The predicted molar refractivity (Wildman–Crippen MR) is 243 cm³/mol. The van der Waals surface area contributed by atoms with E-state index in [1.165, 1.54) is 180 Å². The normalized spacial score (nSPS) is 11.9. The fraction of sp³-hybridized carbons (Fsp3) is 0.941. The first-order valence-electron chi connectivity index (χ1n) is 25.4. The van der Waals surface area contributed by atoms with Gasteiger partial charge < -0.3 is 14.2 Å². The number of hydrogen-bond donors (Lipinski definition) is 0. The van der Waals surface area contributed by atoms with Crippen LogP contribution >= 0.6 is 0 Å². The molecule has 0 rings (SSSR count). The minimum atomic E-state index is -0.760. The number of carbonyl (C=O) groups is 3. The number of esters is 3. The lowest BCUT2D eigenvalue weighted by Gasteiger charge is -2.18.